The fourth-order valence-electron chi connectivity index (χ4n) is 2.74. The number of benzene rings is 2. The lowest BCUT2D eigenvalue weighted by atomic mass is 10.2. The summed E-state index contributed by atoms with van der Waals surface area (Å²) in [5.74, 6) is -0.743. The van der Waals surface area contributed by atoms with Gasteiger partial charge in [-0.1, -0.05) is 6.07 Å². The normalized spacial score (nSPS) is 17.3. The van der Waals surface area contributed by atoms with Gasteiger partial charge in [0.1, 0.15) is 5.82 Å². The summed E-state index contributed by atoms with van der Waals surface area (Å²) in [5.41, 5.74) is 2.09. The molecule has 1 amide bonds. The van der Waals surface area contributed by atoms with Crippen molar-refractivity contribution in [1.82, 2.24) is 0 Å². The lowest BCUT2D eigenvalue weighted by molar-refractivity contribution is 0.102. The third-order valence-electron chi connectivity index (χ3n) is 4.06. The van der Waals surface area contributed by atoms with Gasteiger partial charge in [-0.2, -0.15) is 0 Å². The number of anilines is 2. The summed E-state index contributed by atoms with van der Waals surface area (Å²) < 4.78 is 18.5. The van der Waals surface area contributed by atoms with Gasteiger partial charge in [0.15, 0.2) is 0 Å². The largest absolute Gasteiger partial charge is 0.380 e. The molecule has 0 bridgehead atoms. The maximum atomic E-state index is 13.2. The Morgan fingerprint density at radius 2 is 2.04 bits per heavy atom. The van der Waals surface area contributed by atoms with E-state index in [0.717, 1.165) is 25.2 Å². The van der Waals surface area contributed by atoms with Gasteiger partial charge in [-0.15, -0.1) is 0 Å². The Bertz CT molecular complexity index is 688. The van der Waals surface area contributed by atoms with Crippen molar-refractivity contribution in [2.24, 2.45) is 0 Å². The van der Waals surface area contributed by atoms with Crippen LogP contribution in [0.4, 0.5) is 15.8 Å². The Hall–Kier alpha value is -2.40. The molecule has 3 rings (SSSR count). The molecule has 1 aliphatic heterocycles. The summed E-state index contributed by atoms with van der Waals surface area (Å²) >= 11 is 0. The topological polar surface area (TPSA) is 41.6 Å². The number of halogens is 1. The Morgan fingerprint density at radius 1 is 1.26 bits per heavy atom. The molecule has 1 aliphatic rings. The third-order valence-corrected chi connectivity index (χ3v) is 4.06. The lowest BCUT2D eigenvalue weighted by Crippen LogP contribution is -2.22. The van der Waals surface area contributed by atoms with Crippen molar-refractivity contribution in [2.75, 3.05) is 30.4 Å². The molecule has 5 heteroatoms. The van der Waals surface area contributed by atoms with Gasteiger partial charge >= 0.3 is 0 Å². The van der Waals surface area contributed by atoms with Crippen LogP contribution >= 0.6 is 0 Å². The zero-order valence-corrected chi connectivity index (χ0v) is 13.0. The predicted octanol–water partition coefficient (Wildman–Crippen LogP) is 3.30. The molecule has 0 unspecified atom stereocenters. The Kier molecular flexibility index (Phi) is 4.57. The standard InChI is InChI=1S/C18H19FN2O2/c1-23-17-9-10-21(12-17)16-7-5-15(6-8-16)20-18(22)13-3-2-4-14(19)11-13/h2-8,11,17H,9-10,12H2,1H3,(H,20,22)/t17-/m1/s1. The average Bonchev–Trinajstić information content (AvgIpc) is 3.04. The summed E-state index contributed by atoms with van der Waals surface area (Å²) in [6.07, 6.45) is 1.30. The number of rotatable bonds is 4. The van der Waals surface area contributed by atoms with Crippen molar-refractivity contribution in [3.05, 3.63) is 59.9 Å². The van der Waals surface area contributed by atoms with Crippen molar-refractivity contribution in [2.45, 2.75) is 12.5 Å². The van der Waals surface area contributed by atoms with Gasteiger partial charge < -0.3 is 15.0 Å². The number of ether oxygens (including phenoxy) is 1. The number of carbonyl (C=O) groups is 1. The predicted molar refractivity (Wildman–Crippen MR) is 88.4 cm³/mol. The summed E-state index contributed by atoms with van der Waals surface area (Å²) in [7, 11) is 1.74. The van der Waals surface area contributed by atoms with Crippen LogP contribution in [-0.2, 0) is 4.74 Å². The molecule has 2 aromatic carbocycles. The second-order valence-corrected chi connectivity index (χ2v) is 5.60. The molecule has 1 saturated heterocycles. The minimum atomic E-state index is -0.422. The van der Waals surface area contributed by atoms with Crippen LogP contribution in [0.3, 0.4) is 0 Å². The van der Waals surface area contributed by atoms with Gasteiger partial charge in [-0.3, -0.25) is 4.79 Å². The maximum Gasteiger partial charge on any atom is 0.255 e. The zero-order valence-electron chi connectivity index (χ0n) is 13.0. The number of hydrogen-bond acceptors (Lipinski definition) is 3. The van der Waals surface area contributed by atoms with Gasteiger partial charge in [-0.05, 0) is 48.9 Å². The highest BCUT2D eigenvalue weighted by molar-refractivity contribution is 6.04. The molecule has 120 valence electrons. The summed E-state index contributed by atoms with van der Waals surface area (Å²) in [4.78, 5) is 14.3. The summed E-state index contributed by atoms with van der Waals surface area (Å²) in [6, 6.07) is 13.3. The molecule has 4 nitrogen and oxygen atoms in total. The van der Waals surface area contributed by atoms with Crippen LogP contribution in [0.15, 0.2) is 48.5 Å². The number of amides is 1. The number of nitrogens with zero attached hydrogens (tertiary/aromatic N) is 1. The molecule has 1 heterocycles. The van der Waals surface area contributed by atoms with E-state index in [0.29, 0.717) is 11.3 Å². The van der Waals surface area contributed by atoms with Gasteiger partial charge in [0, 0.05) is 37.1 Å². The second-order valence-electron chi connectivity index (χ2n) is 5.60. The first kappa shape index (κ1) is 15.5. The van der Waals surface area contributed by atoms with E-state index in [1.54, 1.807) is 13.2 Å². The highest BCUT2D eigenvalue weighted by Gasteiger charge is 2.22. The van der Waals surface area contributed by atoms with E-state index >= 15 is 0 Å². The van der Waals surface area contributed by atoms with Crippen molar-refractivity contribution < 1.29 is 13.9 Å². The molecule has 0 aliphatic carbocycles. The van der Waals surface area contributed by atoms with Crippen LogP contribution in [0, 0.1) is 5.82 Å². The lowest BCUT2D eigenvalue weighted by Gasteiger charge is -2.18. The molecule has 2 aromatic rings. The highest BCUT2D eigenvalue weighted by atomic mass is 19.1. The Labute approximate surface area is 134 Å². The second kappa shape index (κ2) is 6.79. The number of carbonyl (C=O) groups excluding carboxylic acids is 1. The van der Waals surface area contributed by atoms with Crippen molar-refractivity contribution >= 4 is 17.3 Å². The van der Waals surface area contributed by atoms with E-state index < -0.39 is 5.82 Å². The highest BCUT2D eigenvalue weighted by Crippen LogP contribution is 2.23. The smallest absolute Gasteiger partial charge is 0.255 e. The molecule has 0 radical (unpaired) electrons. The van der Waals surface area contributed by atoms with E-state index in [4.69, 9.17) is 4.74 Å². The number of methoxy groups -OCH3 is 1. The maximum absolute atomic E-state index is 13.2. The summed E-state index contributed by atoms with van der Waals surface area (Å²) in [6.45, 7) is 1.85. The first-order chi connectivity index (χ1) is 11.2. The molecular weight excluding hydrogens is 295 g/mol. The van der Waals surface area contributed by atoms with Gasteiger partial charge in [-0.25, -0.2) is 4.39 Å². The van der Waals surface area contributed by atoms with E-state index in [1.807, 2.05) is 24.3 Å². The van der Waals surface area contributed by atoms with E-state index in [-0.39, 0.29) is 12.0 Å². The monoisotopic (exact) mass is 314 g/mol. The number of nitrogens with one attached hydrogen (secondary N) is 1. The average molecular weight is 314 g/mol. The fourth-order valence-corrected chi connectivity index (χ4v) is 2.74. The van der Waals surface area contributed by atoms with E-state index in [9.17, 15) is 9.18 Å². The van der Waals surface area contributed by atoms with E-state index in [2.05, 4.69) is 10.2 Å². The SMILES string of the molecule is CO[C@@H]1CCN(c2ccc(NC(=O)c3cccc(F)c3)cc2)C1. The minimum Gasteiger partial charge on any atom is -0.380 e. The van der Waals surface area contributed by atoms with Crippen molar-refractivity contribution in [3.63, 3.8) is 0 Å². The van der Waals surface area contributed by atoms with Crippen LogP contribution < -0.4 is 10.2 Å². The molecule has 1 atom stereocenters. The molecule has 1 N–H and O–H groups in total. The minimum absolute atomic E-state index is 0.280. The van der Waals surface area contributed by atoms with Crippen LogP contribution in [0.5, 0.6) is 0 Å². The van der Waals surface area contributed by atoms with Crippen LogP contribution in [0.1, 0.15) is 16.8 Å². The van der Waals surface area contributed by atoms with Crippen LogP contribution in [-0.4, -0.2) is 32.2 Å². The van der Waals surface area contributed by atoms with Gasteiger partial charge in [0.25, 0.3) is 5.91 Å². The van der Waals surface area contributed by atoms with Crippen LogP contribution in [0.2, 0.25) is 0 Å². The Morgan fingerprint density at radius 3 is 2.70 bits per heavy atom. The molecule has 0 aromatic heterocycles. The quantitative estimate of drug-likeness (QED) is 0.941. The Balaban J connectivity index is 1.65. The summed E-state index contributed by atoms with van der Waals surface area (Å²) in [5, 5.41) is 2.77. The van der Waals surface area contributed by atoms with Crippen molar-refractivity contribution in [3.8, 4) is 0 Å². The zero-order chi connectivity index (χ0) is 16.2. The fraction of sp³-hybridized carbons (Fsp3) is 0.278. The molecule has 23 heavy (non-hydrogen) atoms. The molecule has 0 spiro atoms. The first-order valence-corrected chi connectivity index (χ1v) is 7.60. The van der Waals surface area contributed by atoms with E-state index in [1.165, 1.54) is 18.2 Å². The molecule has 0 saturated carbocycles. The first-order valence-electron chi connectivity index (χ1n) is 7.60. The van der Waals surface area contributed by atoms with Gasteiger partial charge in [0.2, 0.25) is 0 Å². The van der Waals surface area contributed by atoms with Crippen molar-refractivity contribution in [1.29, 1.82) is 0 Å². The molecule has 1 fully saturated rings. The number of hydrogen-bond donors (Lipinski definition) is 1. The van der Waals surface area contributed by atoms with Crippen LogP contribution in [0.25, 0.3) is 0 Å². The van der Waals surface area contributed by atoms with Gasteiger partial charge in [0.05, 0.1) is 6.10 Å². The molecular formula is C18H19FN2O2. The third kappa shape index (κ3) is 3.68.